The minimum absolute atomic E-state index is 0.105. The van der Waals surface area contributed by atoms with Gasteiger partial charge in [0, 0.05) is 26.0 Å². The Labute approximate surface area is 118 Å². The first-order valence-corrected chi connectivity index (χ1v) is 6.42. The Bertz CT molecular complexity index is 422. The fraction of sp³-hybridized carbons (Fsp3) is 0.500. The topological polar surface area (TPSA) is 91.0 Å². The molecule has 0 atom stereocenters. The van der Waals surface area contributed by atoms with Gasteiger partial charge in [-0.2, -0.15) is 0 Å². The second kappa shape index (κ2) is 9.30. The third kappa shape index (κ3) is 5.56. The van der Waals surface area contributed by atoms with Gasteiger partial charge in [-0.3, -0.25) is 0 Å². The first-order valence-electron chi connectivity index (χ1n) is 6.42. The van der Waals surface area contributed by atoms with Crippen LogP contribution in [0.1, 0.15) is 22.3 Å². The summed E-state index contributed by atoms with van der Waals surface area (Å²) in [4.78, 5) is 11.1. The van der Waals surface area contributed by atoms with Crippen LogP contribution in [0, 0.1) is 0 Å². The lowest BCUT2D eigenvalue weighted by molar-refractivity contribution is 0.0332. The Morgan fingerprint density at radius 2 is 1.95 bits per heavy atom. The molecule has 0 aliphatic heterocycles. The fourth-order valence-corrected chi connectivity index (χ4v) is 1.71. The van der Waals surface area contributed by atoms with E-state index in [9.17, 15) is 4.79 Å². The monoisotopic (exact) mass is 283 g/mol. The predicted octanol–water partition coefficient (Wildman–Crippen LogP) is 1.54. The molecule has 6 nitrogen and oxygen atoms in total. The summed E-state index contributed by atoms with van der Waals surface area (Å²) in [6, 6.07) is 4.97. The molecule has 3 N–H and O–H groups in total. The minimum atomic E-state index is -1.04. The van der Waals surface area contributed by atoms with Crippen LogP contribution >= 0.6 is 0 Å². The lowest BCUT2D eigenvalue weighted by atomic mass is 10.1. The molecular formula is C14H21NO5. The van der Waals surface area contributed by atoms with E-state index >= 15 is 0 Å². The highest BCUT2D eigenvalue weighted by Gasteiger charge is 2.13. The molecule has 0 spiro atoms. The molecule has 0 heterocycles. The van der Waals surface area contributed by atoms with Crippen molar-refractivity contribution in [1.82, 2.24) is 0 Å². The number of nitrogens with two attached hydrogens (primary N) is 1. The van der Waals surface area contributed by atoms with Crippen LogP contribution in [0.5, 0.6) is 0 Å². The van der Waals surface area contributed by atoms with Crippen LogP contribution in [0.15, 0.2) is 18.2 Å². The molecule has 0 saturated carbocycles. The second-order valence-corrected chi connectivity index (χ2v) is 4.20. The summed E-state index contributed by atoms with van der Waals surface area (Å²) in [5.41, 5.74) is 6.56. The molecule has 1 aromatic rings. The summed E-state index contributed by atoms with van der Waals surface area (Å²) >= 11 is 0. The number of anilines is 1. The third-order valence-corrected chi connectivity index (χ3v) is 2.66. The Kier molecular flexibility index (Phi) is 7.64. The summed E-state index contributed by atoms with van der Waals surface area (Å²) in [6.45, 7) is 2.37. The van der Waals surface area contributed by atoms with Crippen LogP contribution in [0.4, 0.5) is 5.69 Å². The van der Waals surface area contributed by atoms with Gasteiger partial charge in [0.2, 0.25) is 0 Å². The molecule has 0 aromatic heterocycles. The van der Waals surface area contributed by atoms with Crippen LogP contribution in [-0.2, 0) is 20.8 Å². The van der Waals surface area contributed by atoms with Gasteiger partial charge in [0.25, 0.3) is 0 Å². The summed E-state index contributed by atoms with van der Waals surface area (Å²) in [6.07, 6.45) is 0.842. The molecule has 20 heavy (non-hydrogen) atoms. The van der Waals surface area contributed by atoms with Crippen LogP contribution < -0.4 is 5.73 Å². The highest BCUT2D eigenvalue weighted by molar-refractivity contribution is 5.95. The van der Waals surface area contributed by atoms with E-state index in [1.54, 1.807) is 25.3 Å². The maximum Gasteiger partial charge on any atom is 0.338 e. The molecule has 0 amide bonds. The first kappa shape index (κ1) is 16.4. The van der Waals surface area contributed by atoms with E-state index in [2.05, 4.69) is 0 Å². The number of hydrogen-bond donors (Lipinski definition) is 2. The fourth-order valence-electron chi connectivity index (χ4n) is 1.71. The molecule has 0 fully saturated rings. The van der Waals surface area contributed by atoms with Gasteiger partial charge in [0.15, 0.2) is 0 Å². The number of carbonyl (C=O) groups is 1. The minimum Gasteiger partial charge on any atom is -0.478 e. The SMILES string of the molecule is COCCCOCCOCc1cccc(N)c1C(=O)O. The number of methoxy groups -OCH3 is 1. The Morgan fingerprint density at radius 3 is 2.65 bits per heavy atom. The van der Waals surface area contributed by atoms with Crippen molar-refractivity contribution in [2.24, 2.45) is 0 Å². The van der Waals surface area contributed by atoms with Crippen molar-refractivity contribution >= 4 is 11.7 Å². The zero-order valence-electron chi connectivity index (χ0n) is 11.6. The zero-order valence-corrected chi connectivity index (χ0v) is 11.6. The molecule has 1 aromatic carbocycles. The number of carboxylic acids is 1. The quantitative estimate of drug-likeness (QED) is 0.500. The van der Waals surface area contributed by atoms with Gasteiger partial charge in [-0.05, 0) is 18.1 Å². The normalized spacial score (nSPS) is 10.7. The van der Waals surface area contributed by atoms with Gasteiger partial charge in [-0.25, -0.2) is 4.79 Å². The third-order valence-electron chi connectivity index (χ3n) is 2.66. The number of hydrogen-bond acceptors (Lipinski definition) is 5. The van der Waals surface area contributed by atoms with E-state index < -0.39 is 5.97 Å². The number of nitrogen functional groups attached to an aromatic ring is 1. The average molecular weight is 283 g/mol. The second-order valence-electron chi connectivity index (χ2n) is 4.20. The zero-order chi connectivity index (χ0) is 14.8. The number of aromatic carboxylic acids is 1. The van der Waals surface area contributed by atoms with Crippen molar-refractivity contribution in [3.63, 3.8) is 0 Å². The first-order chi connectivity index (χ1) is 9.66. The lowest BCUT2D eigenvalue weighted by Gasteiger charge is -2.09. The standard InChI is InChI=1S/C14H21NO5/c1-18-6-3-7-19-8-9-20-10-11-4-2-5-12(15)13(11)14(16)17/h2,4-5H,3,6-10,15H2,1H3,(H,16,17). The molecule has 0 saturated heterocycles. The average Bonchev–Trinajstić information content (AvgIpc) is 2.41. The van der Waals surface area contributed by atoms with Crippen molar-refractivity contribution in [2.75, 3.05) is 39.3 Å². The summed E-state index contributed by atoms with van der Waals surface area (Å²) in [7, 11) is 1.65. The highest BCUT2D eigenvalue weighted by Crippen LogP contribution is 2.17. The molecule has 0 bridgehead atoms. The van der Waals surface area contributed by atoms with E-state index in [1.807, 2.05) is 0 Å². The largest absolute Gasteiger partial charge is 0.478 e. The van der Waals surface area contributed by atoms with Crippen LogP contribution in [-0.4, -0.2) is 44.6 Å². The molecular weight excluding hydrogens is 262 g/mol. The van der Waals surface area contributed by atoms with Crippen molar-refractivity contribution < 1.29 is 24.1 Å². The predicted molar refractivity (Wildman–Crippen MR) is 74.8 cm³/mol. The summed E-state index contributed by atoms with van der Waals surface area (Å²) in [5, 5.41) is 9.10. The van der Waals surface area contributed by atoms with Crippen LogP contribution in [0.3, 0.4) is 0 Å². The Morgan fingerprint density at radius 1 is 1.20 bits per heavy atom. The van der Waals surface area contributed by atoms with Gasteiger partial charge in [-0.15, -0.1) is 0 Å². The van der Waals surface area contributed by atoms with Crippen LogP contribution in [0.25, 0.3) is 0 Å². The number of benzene rings is 1. The molecule has 0 aliphatic carbocycles. The van der Waals surface area contributed by atoms with Gasteiger partial charge in [-0.1, -0.05) is 12.1 Å². The van der Waals surface area contributed by atoms with Gasteiger partial charge < -0.3 is 25.1 Å². The van der Waals surface area contributed by atoms with E-state index in [-0.39, 0.29) is 17.9 Å². The van der Waals surface area contributed by atoms with E-state index in [0.717, 1.165) is 6.42 Å². The molecule has 0 aliphatic rings. The van der Waals surface area contributed by atoms with E-state index in [0.29, 0.717) is 32.0 Å². The van der Waals surface area contributed by atoms with Crippen LogP contribution in [0.2, 0.25) is 0 Å². The molecule has 0 radical (unpaired) electrons. The maximum atomic E-state index is 11.1. The van der Waals surface area contributed by atoms with Gasteiger partial charge in [0.05, 0.1) is 25.4 Å². The van der Waals surface area contributed by atoms with Crippen molar-refractivity contribution in [2.45, 2.75) is 13.0 Å². The van der Waals surface area contributed by atoms with Crippen molar-refractivity contribution in [1.29, 1.82) is 0 Å². The Balaban J connectivity index is 2.29. The molecule has 6 heteroatoms. The van der Waals surface area contributed by atoms with Crippen molar-refractivity contribution in [3.8, 4) is 0 Å². The summed E-state index contributed by atoms with van der Waals surface area (Å²) < 4.78 is 15.6. The maximum absolute atomic E-state index is 11.1. The summed E-state index contributed by atoms with van der Waals surface area (Å²) in [5.74, 6) is -1.04. The number of ether oxygens (including phenoxy) is 3. The number of rotatable bonds is 10. The van der Waals surface area contributed by atoms with E-state index in [4.69, 9.17) is 25.1 Å². The molecule has 112 valence electrons. The van der Waals surface area contributed by atoms with Gasteiger partial charge in [0.1, 0.15) is 0 Å². The highest BCUT2D eigenvalue weighted by atomic mass is 16.5. The number of carboxylic acid groups (broad SMARTS) is 1. The molecule has 0 unspecified atom stereocenters. The van der Waals surface area contributed by atoms with Crippen molar-refractivity contribution in [3.05, 3.63) is 29.3 Å². The van der Waals surface area contributed by atoms with E-state index in [1.165, 1.54) is 0 Å². The lowest BCUT2D eigenvalue weighted by Crippen LogP contribution is -2.10. The smallest absolute Gasteiger partial charge is 0.338 e. The van der Waals surface area contributed by atoms with Gasteiger partial charge >= 0.3 is 5.97 Å². The molecule has 1 rings (SSSR count). The Hall–Kier alpha value is -1.63.